The zero-order valence-corrected chi connectivity index (χ0v) is 6.26. The summed E-state index contributed by atoms with van der Waals surface area (Å²) in [4.78, 5) is 10.9. The van der Waals surface area contributed by atoms with Crippen molar-refractivity contribution < 1.29 is 4.79 Å². The van der Waals surface area contributed by atoms with Crippen molar-refractivity contribution in [1.29, 1.82) is 0 Å². The third kappa shape index (κ3) is 1.35. The van der Waals surface area contributed by atoms with E-state index >= 15 is 0 Å². The highest BCUT2D eigenvalue weighted by Crippen LogP contribution is 2.22. The minimum Gasteiger partial charge on any atom is -0.295 e. The van der Waals surface area contributed by atoms with E-state index in [4.69, 9.17) is 0 Å². The molecule has 0 N–H and O–H groups in total. The van der Waals surface area contributed by atoms with Crippen molar-refractivity contribution in [3.05, 3.63) is 24.3 Å². The van der Waals surface area contributed by atoms with Crippen molar-refractivity contribution in [3.8, 4) is 0 Å². The SMILES string of the molecule is C=CC1=CC(=O)CCC1C. The highest BCUT2D eigenvalue weighted by molar-refractivity contribution is 5.91. The molecule has 0 bridgehead atoms. The van der Waals surface area contributed by atoms with Crippen LogP contribution in [0.15, 0.2) is 24.3 Å². The Hall–Kier alpha value is -0.850. The van der Waals surface area contributed by atoms with Gasteiger partial charge in [-0.05, 0) is 24.0 Å². The van der Waals surface area contributed by atoms with Gasteiger partial charge in [0.25, 0.3) is 0 Å². The van der Waals surface area contributed by atoms with Crippen LogP contribution >= 0.6 is 0 Å². The van der Waals surface area contributed by atoms with Crippen molar-refractivity contribution in [2.75, 3.05) is 0 Å². The van der Waals surface area contributed by atoms with E-state index in [-0.39, 0.29) is 5.78 Å². The van der Waals surface area contributed by atoms with E-state index in [0.717, 1.165) is 12.0 Å². The van der Waals surface area contributed by atoms with Gasteiger partial charge in [-0.3, -0.25) is 4.79 Å². The minimum atomic E-state index is 0.244. The maximum absolute atomic E-state index is 10.9. The lowest BCUT2D eigenvalue weighted by Crippen LogP contribution is -2.09. The first-order chi connectivity index (χ1) is 4.74. The first-order valence-electron chi connectivity index (χ1n) is 3.61. The molecule has 0 aliphatic heterocycles. The summed E-state index contributed by atoms with van der Waals surface area (Å²) in [6.45, 7) is 5.77. The van der Waals surface area contributed by atoms with Gasteiger partial charge in [0, 0.05) is 6.42 Å². The Morgan fingerprint density at radius 2 is 2.50 bits per heavy atom. The number of carbonyl (C=O) groups excluding carboxylic acids is 1. The van der Waals surface area contributed by atoms with Crippen LogP contribution in [-0.2, 0) is 4.79 Å². The maximum atomic E-state index is 10.9. The summed E-state index contributed by atoms with van der Waals surface area (Å²) in [7, 11) is 0. The summed E-state index contributed by atoms with van der Waals surface area (Å²) < 4.78 is 0. The summed E-state index contributed by atoms with van der Waals surface area (Å²) in [6.07, 6.45) is 5.18. The van der Waals surface area contributed by atoms with Crippen molar-refractivity contribution in [3.63, 3.8) is 0 Å². The van der Waals surface area contributed by atoms with Gasteiger partial charge < -0.3 is 0 Å². The molecule has 54 valence electrons. The lowest BCUT2D eigenvalue weighted by molar-refractivity contribution is -0.115. The average Bonchev–Trinajstić information content (AvgIpc) is 1.94. The summed E-state index contributed by atoms with van der Waals surface area (Å²) >= 11 is 0. The third-order valence-corrected chi connectivity index (χ3v) is 1.96. The number of rotatable bonds is 1. The molecule has 10 heavy (non-hydrogen) atoms. The molecule has 1 rings (SSSR count). The van der Waals surface area contributed by atoms with Gasteiger partial charge in [0.2, 0.25) is 0 Å². The summed E-state index contributed by atoms with van der Waals surface area (Å²) in [5.74, 6) is 0.767. The molecule has 0 saturated carbocycles. The summed E-state index contributed by atoms with van der Waals surface area (Å²) in [5, 5.41) is 0. The molecule has 0 aromatic carbocycles. The normalized spacial score (nSPS) is 25.9. The lowest BCUT2D eigenvalue weighted by atomic mass is 9.89. The topological polar surface area (TPSA) is 17.1 Å². The molecule has 1 aliphatic rings. The molecule has 0 spiro atoms. The Morgan fingerprint density at radius 1 is 1.80 bits per heavy atom. The molecule has 1 heteroatoms. The van der Waals surface area contributed by atoms with Crippen LogP contribution in [0.4, 0.5) is 0 Å². The fourth-order valence-corrected chi connectivity index (χ4v) is 1.19. The van der Waals surface area contributed by atoms with Gasteiger partial charge in [-0.25, -0.2) is 0 Å². The molecule has 0 aromatic heterocycles. The average molecular weight is 136 g/mol. The van der Waals surface area contributed by atoms with E-state index in [0.29, 0.717) is 12.3 Å². The molecule has 0 amide bonds. The van der Waals surface area contributed by atoms with Crippen molar-refractivity contribution in [1.82, 2.24) is 0 Å². The number of allylic oxidation sites excluding steroid dienone is 3. The molecule has 0 radical (unpaired) electrons. The molecular formula is C9H12O. The molecule has 0 aromatic rings. The van der Waals surface area contributed by atoms with Crippen molar-refractivity contribution in [2.45, 2.75) is 19.8 Å². The predicted octanol–water partition coefficient (Wildman–Crippen LogP) is 2.10. The molecule has 1 atom stereocenters. The predicted molar refractivity (Wildman–Crippen MR) is 41.7 cm³/mol. The molecular weight excluding hydrogens is 124 g/mol. The zero-order chi connectivity index (χ0) is 7.56. The number of hydrogen-bond acceptors (Lipinski definition) is 1. The van der Waals surface area contributed by atoms with E-state index < -0.39 is 0 Å². The molecule has 0 heterocycles. The van der Waals surface area contributed by atoms with Crippen LogP contribution in [-0.4, -0.2) is 5.78 Å². The van der Waals surface area contributed by atoms with Gasteiger partial charge in [-0.1, -0.05) is 19.6 Å². The van der Waals surface area contributed by atoms with Crippen LogP contribution in [0, 0.1) is 5.92 Å². The number of ketones is 1. The standard InChI is InChI=1S/C9H12O/c1-3-8-6-9(10)5-4-7(8)2/h3,6-7H,1,4-5H2,2H3. The molecule has 0 saturated heterocycles. The highest BCUT2D eigenvalue weighted by Gasteiger charge is 2.14. The first-order valence-corrected chi connectivity index (χ1v) is 3.61. The van der Waals surface area contributed by atoms with Crippen LogP contribution in [0.3, 0.4) is 0 Å². The van der Waals surface area contributed by atoms with E-state index in [9.17, 15) is 4.79 Å². The molecule has 1 aliphatic carbocycles. The monoisotopic (exact) mass is 136 g/mol. The Kier molecular flexibility index (Phi) is 2.05. The summed E-state index contributed by atoms with van der Waals surface area (Å²) in [6, 6.07) is 0. The van der Waals surface area contributed by atoms with Gasteiger partial charge >= 0.3 is 0 Å². The lowest BCUT2D eigenvalue weighted by Gasteiger charge is -2.15. The van der Waals surface area contributed by atoms with E-state index in [1.807, 2.05) is 0 Å². The Balaban J connectivity index is 2.81. The van der Waals surface area contributed by atoms with Gasteiger partial charge in [0.1, 0.15) is 0 Å². The van der Waals surface area contributed by atoms with Gasteiger partial charge in [0.05, 0.1) is 0 Å². The number of hydrogen-bond donors (Lipinski definition) is 0. The van der Waals surface area contributed by atoms with Gasteiger partial charge in [-0.2, -0.15) is 0 Å². The van der Waals surface area contributed by atoms with E-state index in [1.165, 1.54) is 0 Å². The fraction of sp³-hybridized carbons (Fsp3) is 0.444. The van der Waals surface area contributed by atoms with Gasteiger partial charge in [-0.15, -0.1) is 0 Å². The van der Waals surface area contributed by atoms with Crippen LogP contribution in [0.1, 0.15) is 19.8 Å². The summed E-state index contributed by atoms with van der Waals surface area (Å²) in [5.41, 5.74) is 1.09. The Morgan fingerprint density at radius 3 is 3.00 bits per heavy atom. The largest absolute Gasteiger partial charge is 0.295 e. The van der Waals surface area contributed by atoms with Crippen LogP contribution in [0.2, 0.25) is 0 Å². The van der Waals surface area contributed by atoms with Crippen molar-refractivity contribution in [2.24, 2.45) is 5.92 Å². The minimum absolute atomic E-state index is 0.244. The van der Waals surface area contributed by atoms with Crippen LogP contribution in [0.25, 0.3) is 0 Å². The third-order valence-electron chi connectivity index (χ3n) is 1.96. The number of carbonyl (C=O) groups is 1. The Labute approximate surface area is 61.4 Å². The van der Waals surface area contributed by atoms with E-state index in [2.05, 4.69) is 13.5 Å². The van der Waals surface area contributed by atoms with Gasteiger partial charge in [0.15, 0.2) is 5.78 Å². The quantitative estimate of drug-likeness (QED) is 0.539. The molecule has 0 fully saturated rings. The molecule has 1 nitrogen and oxygen atoms in total. The fourth-order valence-electron chi connectivity index (χ4n) is 1.19. The second kappa shape index (κ2) is 2.82. The second-order valence-electron chi connectivity index (χ2n) is 2.75. The Bertz CT molecular complexity index is 189. The highest BCUT2D eigenvalue weighted by atomic mass is 16.1. The molecule has 1 unspecified atom stereocenters. The smallest absolute Gasteiger partial charge is 0.155 e. The second-order valence-corrected chi connectivity index (χ2v) is 2.75. The van der Waals surface area contributed by atoms with Crippen molar-refractivity contribution >= 4 is 5.78 Å². The first kappa shape index (κ1) is 7.26. The van der Waals surface area contributed by atoms with Crippen LogP contribution in [0.5, 0.6) is 0 Å². The van der Waals surface area contributed by atoms with Crippen LogP contribution < -0.4 is 0 Å². The van der Waals surface area contributed by atoms with E-state index in [1.54, 1.807) is 12.2 Å². The maximum Gasteiger partial charge on any atom is 0.155 e. The zero-order valence-electron chi connectivity index (χ0n) is 6.26.